The third kappa shape index (κ3) is 4.42. The Balaban J connectivity index is 1.71. The zero-order valence-electron chi connectivity index (χ0n) is 15.9. The van der Waals surface area contributed by atoms with E-state index in [-0.39, 0.29) is 17.5 Å². The normalized spacial score (nSPS) is 19.9. The molecule has 27 heavy (non-hydrogen) atoms. The number of amides is 1. The van der Waals surface area contributed by atoms with E-state index in [1.807, 2.05) is 11.0 Å². The predicted octanol–water partition coefficient (Wildman–Crippen LogP) is 1.66. The quantitative estimate of drug-likeness (QED) is 0.834. The van der Waals surface area contributed by atoms with Crippen molar-refractivity contribution in [2.24, 2.45) is 11.7 Å². The van der Waals surface area contributed by atoms with E-state index in [9.17, 15) is 9.59 Å². The Morgan fingerprint density at radius 2 is 2.26 bits per heavy atom. The maximum absolute atomic E-state index is 12.7. The van der Waals surface area contributed by atoms with Crippen LogP contribution >= 0.6 is 0 Å². The summed E-state index contributed by atoms with van der Waals surface area (Å²) in [7, 11) is 0. The largest absolute Gasteiger partial charge is 0.338 e. The summed E-state index contributed by atoms with van der Waals surface area (Å²) in [6.07, 6.45) is 5.95. The number of hydrogen-bond donors (Lipinski definition) is 2. The monoisotopic (exact) mass is 369 g/mol. The predicted molar refractivity (Wildman–Crippen MR) is 104 cm³/mol. The number of hydrogen-bond acceptors (Lipinski definition) is 5. The molecule has 7 nitrogen and oxygen atoms in total. The molecule has 2 aromatic heterocycles. The summed E-state index contributed by atoms with van der Waals surface area (Å²) in [5, 5.41) is 0. The van der Waals surface area contributed by atoms with Gasteiger partial charge in [0.25, 0.3) is 5.56 Å². The lowest BCUT2D eigenvalue weighted by Crippen LogP contribution is -2.49. The molecule has 1 fully saturated rings. The number of nitrogens with one attached hydrogen (secondary N) is 1. The van der Waals surface area contributed by atoms with E-state index in [1.54, 1.807) is 25.4 Å². The minimum absolute atomic E-state index is 0.0625. The van der Waals surface area contributed by atoms with E-state index in [1.165, 1.54) is 0 Å². The van der Waals surface area contributed by atoms with Gasteiger partial charge in [-0.15, -0.1) is 0 Å². The molecule has 2 aromatic rings. The number of aromatic nitrogens is 3. The molecular weight excluding hydrogens is 342 g/mol. The second-order valence-corrected chi connectivity index (χ2v) is 7.33. The lowest BCUT2D eigenvalue weighted by atomic mass is 9.92. The summed E-state index contributed by atoms with van der Waals surface area (Å²) in [5.41, 5.74) is 7.62. The van der Waals surface area contributed by atoms with E-state index in [4.69, 9.17) is 5.73 Å². The molecule has 3 rings (SSSR count). The lowest BCUT2D eigenvalue weighted by Gasteiger charge is -2.38. The second kappa shape index (κ2) is 8.43. The Morgan fingerprint density at radius 3 is 2.93 bits per heavy atom. The molecule has 144 valence electrons. The van der Waals surface area contributed by atoms with Gasteiger partial charge >= 0.3 is 0 Å². The van der Waals surface area contributed by atoms with Crippen LogP contribution in [0.5, 0.6) is 0 Å². The summed E-state index contributed by atoms with van der Waals surface area (Å²) in [6.45, 7) is 5.23. The van der Waals surface area contributed by atoms with Crippen molar-refractivity contribution in [1.82, 2.24) is 19.9 Å². The van der Waals surface area contributed by atoms with Gasteiger partial charge in [-0.3, -0.25) is 14.6 Å². The van der Waals surface area contributed by atoms with Gasteiger partial charge in [-0.25, -0.2) is 4.98 Å². The number of aromatic amines is 1. The van der Waals surface area contributed by atoms with Crippen molar-refractivity contribution in [3.8, 4) is 11.4 Å². The molecule has 7 heteroatoms. The van der Waals surface area contributed by atoms with Crippen molar-refractivity contribution in [3.05, 3.63) is 46.1 Å². The first kappa shape index (κ1) is 19.2. The standard InChI is InChI=1S/C20H27N5O2/c1-13-7-9-25(16(10-13)11-21)18(26)6-5-17-14(2)23-19(24-20(17)27)15-4-3-8-22-12-15/h3-4,8,12-13,16H,5-7,9-11,21H2,1-2H3,(H,23,24,27). The number of aryl methyl sites for hydroxylation is 1. The first-order valence-corrected chi connectivity index (χ1v) is 9.49. The molecule has 2 atom stereocenters. The van der Waals surface area contributed by atoms with Crippen LogP contribution in [0.15, 0.2) is 29.3 Å². The van der Waals surface area contributed by atoms with Crippen LogP contribution in [0, 0.1) is 12.8 Å². The van der Waals surface area contributed by atoms with E-state index in [0.29, 0.717) is 42.4 Å². The molecule has 3 N–H and O–H groups in total. The maximum atomic E-state index is 12.7. The number of carbonyl (C=O) groups excluding carboxylic acids is 1. The van der Waals surface area contributed by atoms with Gasteiger partial charge in [0.15, 0.2) is 0 Å². The van der Waals surface area contributed by atoms with Crippen LogP contribution in [0.25, 0.3) is 11.4 Å². The van der Waals surface area contributed by atoms with Crippen LogP contribution in [0.1, 0.15) is 37.4 Å². The van der Waals surface area contributed by atoms with Crippen LogP contribution in [0.2, 0.25) is 0 Å². The minimum Gasteiger partial charge on any atom is -0.338 e. The number of piperidine rings is 1. The highest BCUT2D eigenvalue weighted by atomic mass is 16.2. The van der Waals surface area contributed by atoms with E-state index in [2.05, 4.69) is 21.9 Å². The number of nitrogens with two attached hydrogens (primary N) is 1. The Morgan fingerprint density at radius 1 is 1.44 bits per heavy atom. The molecule has 1 saturated heterocycles. The van der Waals surface area contributed by atoms with E-state index < -0.39 is 0 Å². The number of likely N-dealkylation sites (tertiary alicyclic amines) is 1. The van der Waals surface area contributed by atoms with Crippen LogP contribution in [0.4, 0.5) is 0 Å². The molecule has 0 radical (unpaired) electrons. The van der Waals surface area contributed by atoms with Crippen LogP contribution in [0.3, 0.4) is 0 Å². The highest BCUT2D eigenvalue weighted by Crippen LogP contribution is 2.23. The number of carbonyl (C=O) groups is 1. The molecule has 0 bridgehead atoms. The van der Waals surface area contributed by atoms with Crippen molar-refractivity contribution in [3.63, 3.8) is 0 Å². The molecule has 1 aliphatic rings. The number of nitrogens with zero attached hydrogens (tertiary/aromatic N) is 3. The zero-order chi connectivity index (χ0) is 19.4. The van der Waals surface area contributed by atoms with E-state index >= 15 is 0 Å². The number of H-pyrrole nitrogens is 1. The van der Waals surface area contributed by atoms with Crippen molar-refractivity contribution in [2.75, 3.05) is 13.1 Å². The Kier molecular flexibility index (Phi) is 6.01. The van der Waals surface area contributed by atoms with Crippen molar-refractivity contribution < 1.29 is 4.79 Å². The summed E-state index contributed by atoms with van der Waals surface area (Å²) >= 11 is 0. The summed E-state index contributed by atoms with van der Waals surface area (Å²) in [6, 6.07) is 3.75. The molecule has 0 saturated carbocycles. The van der Waals surface area contributed by atoms with Crippen LogP contribution in [-0.2, 0) is 11.2 Å². The first-order chi connectivity index (χ1) is 13.0. The van der Waals surface area contributed by atoms with Gasteiger partial charge in [-0.1, -0.05) is 6.92 Å². The zero-order valence-corrected chi connectivity index (χ0v) is 15.9. The molecular formula is C20H27N5O2. The fourth-order valence-electron chi connectivity index (χ4n) is 3.72. The number of rotatable bonds is 5. The second-order valence-electron chi connectivity index (χ2n) is 7.33. The smallest absolute Gasteiger partial charge is 0.254 e. The van der Waals surface area contributed by atoms with Gasteiger partial charge in [0, 0.05) is 54.8 Å². The summed E-state index contributed by atoms with van der Waals surface area (Å²) in [5.74, 6) is 1.15. The van der Waals surface area contributed by atoms with E-state index in [0.717, 1.165) is 24.9 Å². The minimum atomic E-state index is -0.197. The number of pyridine rings is 1. The van der Waals surface area contributed by atoms with Crippen molar-refractivity contribution in [2.45, 2.75) is 45.6 Å². The molecule has 2 unspecified atom stereocenters. The molecule has 1 amide bonds. The van der Waals surface area contributed by atoms with Crippen molar-refractivity contribution in [1.29, 1.82) is 0 Å². The molecule has 3 heterocycles. The summed E-state index contributed by atoms with van der Waals surface area (Å²) in [4.78, 5) is 38.5. The van der Waals surface area contributed by atoms with Gasteiger partial charge in [-0.2, -0.15) is 0 Å². The average Bonchev–Trinajstić information content (AvgIpc) is 2.67. The Labute approximate surface area is 159 Å². The Bertz CT molecular complexity index is 849. The van der Waals surface area contributed by atoms with Gasteiger partial charge < -0.3 is 15.6 Å². The van der Waals surface area contributed by atoms with Crippen LogP contribution < -0.4 is 11.3 Å². The third-order valence-electron chi connectivity index (χ3n) is 5.32. The first-order valence-electron chi connectivity index (χ1n) is 9.49. The molecule has 0 aliphatic carbocycles. The summed E-state index contributed by atoms with van der Waals surface area (Å²) < 4.78 is 0. The van der Waals surface area contributed by atoms with Gasteiger partial charge in [0.1, 0.15) is 5.82 Å². The van der Waals surface area contributed by atoms with Crippen LogP contribution in [-0.4, -0.2) is 44.9 Å². The molecule has 1 aliphatic heterocycles. The molecule has 0 spiro atoms. The highest BCUT2D eigenvalue weighted by molar-refractivity contribution is 5.77. The Hall–Kier alpha value is -2.54. The van der Waals surface area contributed by atoms with Gasteiger partial charge in [0.2, 0.25) is 5.91 Å². The highest BCUT2D eigenvalue weighted by Gasteiger charge is 2.28. The molecule has 0 aromatic carbocycles. The van der Waals surface area contributed by atoms with Gasteiger partial charge in [-0.05, 0) is 44.2 Å². The average molecular weight is 369 g/mol. The SMILES string of the molecule is Cc1nc(-c2cccnc2)[nH]c(=O)c1CCC(=O)N1CCC(C)CC1CN. The lowest BCUT2D eigenvalue weighted by molar-refractivity contribution is -0.135. The third-order valence-corrected chi connectivity index (χ3v) is 5.32. The maximum Gasteiger partial charge on any atom is 0.254 e. The van der Waals surface area contributed by atoms with Crippen molar-refractivity contribution >= 4 is 5.91 Å². The fourth-order valence-corrected chi connectivity index (χ4v) is 3.72. The topological polar surface area (TPSA) is 105 Å². The van der Waals surface area contributed by atoms with Gasteiger partial charge in [0.05, 0.1) is 0 Å². The fraction of sp³-hybridized carbons (Fsp3) is 0.500.